The maximum atomic E-state index is 11.0. The van der Waals surface area contributed by atoms with Crippen molar-refractivity contribution in [1.29, 1.82) is 0 Å². The van der Waals surface area contributed by atoms with Crippen LogP contribution in [0.3, 0.4) is 0 Å². The number of amides is 1. The van der Waals surface area contributed by atoms with Crippen molar-refractivity contribution in [2.45, 2.75) is 12.8 Å². The van der Waals surface area contributed by atoms with Crippen LogP contribution < -0.4 is 10.8 Å². The molecule has 0 aliphatic rings. The minimum Gasteiger partial charge on any atom is -0.386 e. The number of hydroxylamine groups is 1. The Morgan fingerprint density at radius 1 is 1.21 bits per heavy atom. The molecule has 0 heterocycles. The Morgan fingerprint density at radius 2 is 2.00 bits per heavy atom. The van der Waals surface area contributed by atoms with Gasteiger partial charge in [-0.15, -0.1) is 0 Å². The second-order valence-corrected chi connectivity index (χ2v) is 5.17. The first-order chi connectivity index (χ1) is 11.7. The molecule has 0 aromatic heterocycles. The summed E-state index contributed by atoms with van der Waals surface area (Å²) in [5.74, 6) is -0.569. The van der Waals surface area contributed by atoms with Gasteiger partial charge in [-0.1, -0.05) is 36.4 Å². The van der Waals surface area contributed by atoms with E-state index in [-0.39, 0.29) is 0 Å². The molecule has 0 fully saturated rings. The highest BCUT2D eigenvalue weighted by Gasteiger charge is 2.00. The summed E-state index contributed by atoms with van der Waals surface area (Å²) >= 11 is 0. The van der Waals surface area contributed by atoms with E-state index in [1.807, 2.05) is 49.7 Å². The van der Waals surface area contributed by atoms with Crippen molar-refractivity contribution < 1.29 is 10.0 Å². The van der Waals surface area contributed by atoms with Gasteiger partial charge in [0.05, 0.1) is 11.4 Å². The predicted molar refractivity (Wildman–Crippen MR) is 97.9 cm³/mol. The minimum absolute atomic E-state index is 0.569. The van der Waals surface area contributed by atoms with E-state index >= 15 is 0 Å². The molecule has 24 heavy (non-hydrogen) atoms. The van der Waals surface area contributed by atoms with E-state index in [1.165, 1.54) is 11.6 Å². The molecular weight excluding hydrogens is 302 g/mol. The number of aliphatic imine (C=N–C) groups is 1. The van der Waals surface area contributed by atoms with E-state index in [2.05, 4.69) is 22.4 Å². The summed E-state index contributed by atoms with van der Waals surface area (Å²) in [5, 5.41) is 11.6. The van der Waals surface area contributed by atoms with Crippen LogP contribution in [0.25, 0.3) is 6.08 Å². The third-order valence-electron chi connectivity index (χ3n) is 3.46. The van der Waals surface area contributed by atoms with Crippen molar-refractivity contribution in [3.63, 3.8) is 0 Å². The lowest BCUT2D eigenvalue weighted by atomic mass is 10.1. The maximum Gasteiger partial charge on any atom is 0.267 e. The number of hydrogen-bond donors (Lipinski definition) is 3. The molecule has 1 amide bonds. The van der Waals surface area contributed by atoms with Crippen molar-refractivity contribution in [3.8, 4) is 0 Å². The van der Waals surface area contributed by atoms with E-state index in [1.54, 1.807) is 11.6 Å². The smallest absolute Gasteiger partial charge is 0.267 e. The molecule has 0 unspecified atom stereocenters. The van der Waals surface area contributed by atoms with Gasteiger partial charge in [-0.2, -0.15) is 0 Å². The molecule has 0 atom stereocenters. The number of nitrogens with zero attached hydrogens (tertiary/aromatic N) is 1. The third-order valence-corrected chi connectivity index (χ3v) is 3.46. The second kappa shape index (κ2) is 9.27. The molecule has 0 spiro atoms. The first-order valence-electron chi connectivity index (χ1n) is 7.73. The van der Waals surface area contributed by atoms with Gasteiger partial charge in [0.2, 0.25) is 0 Å². The summed E-state index contributed by atoms with van der Waals surface area (Å²) in [6.07, 6.45) is 6.57. The summed E-state index contributed by atoms with van der Waals surface area (Å²) in [5.41, 5.74) is 5.39. The molecule has 3 N–H and O–H groups in total. The molecule has 0 saturated carbocycles. The Labute approximate surface area is 141 Å². The largest absolute Gasteiger partial charge is 0.386 e. The van der Waals surface area contributed by atoms with Crippen LogP contribution in [0.4, 0.5) is 11.4 Å². The summed E-state index contributed by atoms with van der Waals surface area (Å²) in [6.45, 7) is 0. The van der Waals surface area contributed by atoms with Crippen molar-refractivity contribution in [1.82, 2.24) is 5.48 Å². The molecule has 0 bridgehead atoms. The number of nitrogens with one attached hydrogen (secondary N) is 2. The minimum atomic E-state index is -0.569. The molecule has 0 aliphatic carbocycles. The highest BCUT2D eigenvalue weighted by Crippen LogP contribution is 2.26. The predicted octanol–water partition coefficient (Wildman–Crippen LogP) is 3.58. The van der Waals surface area contributed by atoms with Gasteiger partial charge in [0.25, 0.3) is 5.91 Å². The van der Waals surface area contributed by atoms with Crippen molar-refractivity contribution in [2.24, 2.45) is 4.99 Å². The van der Waals surface area contributed by atoms with Gasteiger partial charge in [0.15, 0.2) is 0 Å². The average molecular weight is 323 g/mol. The van der Waals surface area contributed by atoms with E-state index in [4.69, 9.17) is 5.21 Å². The number of hydrogen-bond acceptors (Lipinski definition) is 4. The Hall–Kier alpha value is -2.92. The summed E-state index contributed by atoms with van der Waals surface area (Å²) < 4.78 is 0. The van der Waals surface area contributed by atoms with Crippen LogP contribution in [0, 0.1) is 0 Å². The molecule has 2 aromatic rings. The zero-order valence-corrected chi connectivity index (χ0v) is 13.6. The average Bonchev–Trinajstić information content (AvgIpc) is 2.64. The Bertz CT molecular complexity index is 725. The van der Waals surface area contributed by atoms with Crippen LogP contribution in [-0.2, 0) is 11.2 Å². The van der Waals surface area contributed by atoms with Crippen LogP contribution in [-0.4, -0.2) is 24.4 Å². The molecule has 0 radical (unpaired) electrons. The molecular formula is C19H21N3O2. The first-order valence-corrected chi connectivity index (χ1v) is 7.73. The highest BCUT2D eigenvalue weighted by molar-refractivity contribution is 5.91. The number of anilines is 1. The molecule has 2 aromatic carbocycles. The van der Waals surface area contributed by atoms with Crippen LogP contribution in [0.2, 0.25) is 0 Å². The summed E-state index contributed by atoms with van der Waals surface area (Å²) in [4.78, 5) is 15.6. The lowest BCUT2D eigenvalue weighted by molar-refractivity contribution is -0.124. The van der Waals surface area contributed by atoms with Crippen LogP contribution in [0.5, 0.6) is 0 Å². The van der Waals surface area contributed by atoms with E-state index in [0.29, 0.717) is 0 Å². The number of benzene rings is 2. The molecule has 5 heteroatoms. The molecule has 0 saturated heterocycles. The lowest BCUT2D eigenvalue weighted by Gasteiger charge is -2.06. The molecule has 5 nitrogen and oxygen atoms in total. The van der Waals surface area contributed by atoms with Gasteiger partial charge in [-0.3, -0.25) is 15.0 Å². The highest BCUT2D eigenvalue weighted by atomic mass is 16.5. The summed E-state index contributed by atoms with van der Waals surface area (Å²) in [6, 6.07) is 15.9. The number of aryl methyl sites for hydroxylation is 1. The molecule has 2 rings (SSSR count). The van der Waals surface area contributed by atoms with Gasteiger partial charge in [0, 0.05) is 19.3 Å². The normalized spacial score (nSPS) is 11.1. The third kappa shape index (κ3) is 5.37. The molecule has 124 valence electrons. The van der Waals surface area contributed by atoms with Gasteiger partial charge in [-0.25, -0.2) is 5.48 Å². The first kappa shape index (κ1) is 17.4. The van der Waals surface area contributed by atoms with E-state index < -0.39 is 5.91 Å². The number of carbonyl (C=O) groups excluding carboxylic acids is 1. The van der Waals surface area contributed by atoms with Gasteiger partial charge < -0.3 is 5.32 Å². The monoisotopic (exact) mass is 323 g/mol. The SMILES string of the molecule is CNc1ccc(/C=C/C(=O)NO)cc1N=CCCc1ccccc1. The number of rotatable bonds is 7. The summed E-state index contributed by atoms with van der Waals surface area (Å²) in [7, 11) is 1.84. The Balaban J connectivity index is 2.05. The maximum absolute atomic E-state index is 11.0. The van der Waals surface area contributed by atoms with Gasteiger partial charge in [0.1, 0.15) is 0 Å². The fourth-order valence-electron chi connectivity index (χ4n) is 2.22. The van der Waals surface area contributed by atoms with Gasteiger partial charge in [-0.05, 0) is 42.2 Å². The van der Waals surface area contributed by atoms with Crippen molar-refractivity contribution in [2.75, 3.05) is 12.4 Å². The van der Waals surface area contributed by atoms with Crippen LogP contribution in [0.15, 0.2) is 59.6 Å². The van der Waals surface area contributed by atoms with Crippen LogP contribution >= 0.6 is 0 Å². The zero-order chi connectivity index (χ0) is 17.2. The quantitative estimate of drug-likeness (QED) is 0.315. The Morgan fingerprint density at radius 3 is 2.71 bits per heavy atom. The standard InChI is InChI=1S/C19H21N3O2/c1-20-17-11-9-16(10-12-19(23)22-24)14-18(17)21-13-5-8-15-6-3-2-4-7-15/h2-4,6-7,9-14,20,24H,5,8H2,1H3,(H,22,23)/b12-10+,21-13?. The lowest BCUT2D eigenvalue weighted by Crippen LogP contribution is -2.14. The van der Waals surface area contributed by atoms with Crippen molar-refractivity contribution in [3.05, 3.63) is 65.7 Å². The van der Waals surface area contributed by atoms with E-state index in [0.717, 1.165) is 29.8 Å². The fourth-order valence-corrected chi connectivity index (χ4v) is 2.22. The van der Waals surface area contributed by atoms with E-state index in [9.17, 15) is 4.79 Å². The fraction of sp³-hybridized carbons (Fsp3) is 0.158. The number of carbonyl (C=O) groups is 1. The van der Waals surface area contributed by atoms with Crippen molar-refractivity contribution >= 4 is 29.6 Å². The van der Waals surface area contributed by atoms with Crippen LogP contribution in [0.1, 0.15) is 17.5 Å². The topological polar surface area (TPSA) is 73.7 Å². The Kier molecular flexibility index (Phi) is 6.73. The second-order valence-electron chi connectivity index (χ2n) is 5.17. The zero-order valence-electron chi connectivity index (χ0n) is 13.6. The molecule has 0 aliphatic heterocycles. The van der Waals surface area contributed by atoms with Gasteiger partial charge >= 0.3 is 0 Å².